The van der Waals surface area contributed by atoms with Gasteiger partial charge in [-0.25, -0.2) is 0 Å². The van der Waals surface area contributed by atoms with Crippen LogP contribution in [0.4, 0.5) is 0 Å². The highest BCUT2D eigenvalue weighted by Crippen LogP contribution is 2.23. The number of ether oxygens (including phenoxy) is 2. The van der Waals surface area contributed by atoms with Gasteiger partial charge in [0.05, 0.1) is 19.1 Å². The van der Waals surface area contributed by atoms with E-state index in [9.17, 15) is 14.4 Å². The van der Waals surface area contributed by atoms with E-state index in [4.69, 9.17) is 4.74 Å². The first-order valence-electron chi connectivity index (χ1n) is 7.95. The van der Waals surface area contributed by atoms with E-state index < -0.39 is 12.0 Å². The Morgan fingerprint density at radius 3 is 2.76 bits per heavy atom. The van der Waals surface area contributed by atoms with Crippen LogP contribution in [0.3, 0.4) is 0 Å². The van der Waals surface area contributed by atoms with E-state index in [1.54, 1.807) is 24.3 Å². The molecule has 7 heteroatoms. The lowest BCUT2D eigenvalue weighted by atomic mass is 10.1. The molecule has 7 nitrogen and oxygen atoms in total. The Balaban J connectivity index is 2.26. The van der Waals surface area contributed by atoms with Gasteiger partial charge < -0.3 is 19.7 Å². The number of nitrogens with one attached hydrogen (secondary N) is 1. The van der Waals surface area contributed by atoms with Gasteiger partial charge in [0.15, 0.2) is 0 Å². The van der Waals surface area contributed by atoms with Gasteiger partial charge in [-0.05, 0) is 24.6 Å². The second kappa shape index (κ2) is 8.32. The largest absolute Gasteiger partial charge is 0.488 e. The summed E-state index contributed by atoms with van der Waals surface area (Å²) in [5, 5.41) is 2.67. The topological polar surface area (TPSA) is 84.9 Å². The van der Waals surface area contributed by atoms with E-state index in [0.29, 0.717) is 24.4 Å². The summed E-state index contributed by atoms with van der Waals surface area (Å²) < 4.78 is 10.3. The minimum atomic E-state index is -0.900. The average molecular weight is 346 g/mol. The van der Waals surface area contributed by atoms with Gasteiger partial charge in [0, 0.05) is 13.1 Å². The number of carbonyl (C=O) groups is 3. The molecule has 0 saturated carbocycles. The van der Waals surface area contributed by atoms with Gasteiger partial charge in [0.1, 0.15) is 18.4 Å². The molecule has 0 radical (unpaired) electrons. The number of para-hydroxylation sites is 1. The van der Waals surface area contributed by atoms with Crippen LogP contribution >= 0.6 is 0 Å². The van der Waals surface area contributed by atoms with Crippen LogP contribution < -0.4 is 10.1 Å². The first kappa shape index (κ1) is 18.5. The summed E-state index contributed by atoms with van der Waals surface area (Å²) in [5.74, 6) is -0.864. The van der Waals surface area contributed by atoms with Crippen molar-refractivity contribution in [2.45, 2.75) is 19.4 Å². The number of piperazine rings is 1. The summed E-state index contributed by atoms with van der Waals surface area (Å²) in [7, 11) is 1.25. The summed E-state index contributed by atoms with van der Waals surface area (Å²) in [4.78, 5) is 38.1. The normalized spacial score (nSPS) is 16.8. The molecule has 0 aromatic heterocycles. The number of esters is 1. The lowest BCUT2D eigenvalue weighted by molar-refractivity contribution is -0.145. The molecule has 2 rings (SSSR count). The highest BCUT2D eigenvalue weighted by atomic mass is 16.5. The van der Waals surface area contributed by atoms with Crippen molar-refractivity contribution in [3.8, 4) is 5.75 Å². The van der Waals surface area contributed by atoms with Crippen molar-refractivity contribution in [2.24, 2.45) is 0 Å². The smallest absolute Gasteiger partial charge is 0.308 e. The maximum absolute atomic E-state index is 13.0. The number of methoxy groups -OCH3 is 1. The van der Waals surface area contributed by atoms with E-state index in [2.05, 4.69) is 16.6 Å². The summed E-state index contributed by atoms with van der Waals surface area (Å²) >= 11 is 0. The van der Waals surface area contributed by atoms with Gasteiger partial charge in [0.25, 0.3) is 5.91 Å². The monoisotopic (exact) mass is 346 g/mol. The number of hydrogen-bond donors (Lipinski definition) is 1. The van der Waals surface area contributed by atoms with Crippen LogP contribution in [-0.4, -0.2) is 55.5 Å². The predicted molar refractivity (Wildman–Crippen MR) is 91.2 cm³/mol. The van der Waals surface area contributed by atoms with E-state index >= 15 is 0 Å². The fourth-order valence-electron chi connectivity index (χ4n) is 2.53. The molecule has 1 fully saturated rings. The molecule has 1 heterocycles. The third-order valence-electron chi connectivity index (χ3n) is 3.77. The Morgan fingerprint density at radius 2 is 2.08 bits per heavy atom. The van der Waals surface area contributed by atoms with Crippen molar-refractivity contribution in [3.63, 3.8) is 0 Å². The van der Waals surface area contributed by atoms with Crippen LogP contribution in [0.2, 0.25) is 0 Å². The van der Waals surface area contributed by atoms with Gasteiger partial charge in [-0.3, -0.25) is 14.4 Å². The molecule has 25 heavy (non-hydrogen) atoms. The van der Waals surface area contributed by atoms with E-state index in [1.165, 1.54) is 12.0 Å². The number of hydrogen-bond acceptors (Lipinski definition) is 5. The van der Waals surface area contributed by atoms with Crippen molar-refractivity contribution >= 4 is 17.8 Å². The second-order valence-electron chi connectivity index (χ2n) is 5.83. The number of benzene rings is 1. The maximum atomic E-state index is 13.0. The summed E-state index contributed by atoms with van der Waals surface area (Å²) in [6, 6.07) is 5.91. The molecular formula is C18H22N2O5. The third-order valence-corrected chi connectivity index (χ3v) is 3.77. The number of nitrogens with zero attached hydrogens (tertiary/aromatic N) is 1. The minimum absolute atomic E-state index is 0.192. The number of amides is 2. The minimum Gasteiger partial charge on any atom is -0.488 e. The standard InChI is InChI=1S/C18H22N2O5/c1-12(2)11-25-15-7-5-4-6-13(15)18(23)20-9-8-19-17(22)14(20)10-16(21)24-3/h4-7,14H,1,8-11H2,2-3H3,(H,19,22)/t14-/m1/s1. The van der Waals surface area contributed by atoms with Crippen LogP contribution in [0.15, 0.2) is 36.4 Å². The molecule has 2 amide bonds. The highest BCUT2D eigenvalue weighted by molar-refractivity contribution is 6.01. The fourth-order valence-corrected chi connectivity index (χ4v) is 2.53. The first-order chi connectivity index (χ1) is 11.9. The van der Waals surface area contributed by atoms with Gasteiger partial charge in [-0.2, -0.15) is 0 Å². The van der Waals surface area contributed by atoms with Gasteiger partial charge in [-0.15, -0.1) is 0 Å². The molecule has 0 spiro atoms. The Bertz CT molecular complexity index is 686. The van der Waals surface area contributed by atoms with Gasteiger partial charge >= 0.3 is 5.97 Å². The van der Waals surface area contributed by atoms with E-state index in [1.807, 2.05) is 6.92 Å². The third kappa shape index (κ3) is 4.59. The van der Waals surface area contributed by atoms with Crippen molar-refractivity contribution in [1.82, 2.24) is 10.2 Å². The Kier molecular flexibility index (Phi) is 6.16. The zero-order chi connectivity index (χ0) is 18.4. The van der Waals surface area contributed by atoms with Crippen LogP contribution in [0, 0.1) is 0 Å². The Labute approximate surface area is 146 Å². The molecule has 1 N–H and O–H groups in total. The molecule has 1 aliphatic heterocycles. The second-order valence-corrected chi connectivity index (χ2v) is 5.83. The summed E-state index contributed by atoms with van der Waals surface area (Å²) in [6.45, 7) is 6.52. The molecular weight excluding hydrogens is 324 g/mol. The predicted octanol–water partition coefficient (Wildman–Crippen LogP) is 1.15. The van der Waals surface area contributed by atoms with Crippen LogP contribution in [0.25, 0.3) is 0 Å². The van der Waals surface area contributed by atoms with Crippen LogP contribution in [-0.2, 0) is 14.3 Å². The van der Waals surface area contributed by atoms with Crippen molar-refractivity contribution in [2.75, 3.05) is 26.8 Å². The van der Waals surface area contributed by atoms with Gasteiger partial charge in [-0.1, -0.05) is 18.7 Å². The number of carbonyl (C=O) groups excluding carboxylic acids is 3. The molecule has 1 aliphatic rings. The Hall–Kier alpha value is -2.83. The van der Waals surface area contributed by atoms with Crippen molar-refractivity contribution < 1.29 is 23.9 Å². The van der Waals surface area contributed by atoms with E-state index in [0.717, 1.165) is 5.57 Å². The number of rotatable bonds is 6. The average Bonchev–Trinajstić information content (AvgIpc) is 2.61. The quantitative estimate of drug-likeness (QED) is 0.617. The SMILES string of the molecule is C=C(C)COc1ccccc1C(=O)N1CCNC(=O)[C@H]1CC(=O)OC. The van der Waals surface area contributed by atoms with E-state index in [-0.39, 0.29) is 24.8 Å². The maximum Gasteiger partial charge on any atom is 0.308 e. The molecule has 0 unspecified atom stereocenters. The van der Waals surface area contributed by atoms with Crippen LogP contribution in [0.1, 0.15) is 23.7 Å². The molecule has 0 bridgehead atoms. The molecule has 1 atom stereocenters. The summed E-state index contributed by atoms with van der Waals surface area (Å²) in [6.07, 6.45) is -0.192. The lowest BCUT2D eigenvalue weighted by Gasteiger charge is -2.34. The molecule has 1 saturated heterocycles. The Morgan fingerprint density at radius 1 is 1.36 bits per heavy atom. The van der Waals surface area contributed by atoms with Crippen molar-refractivity contribution in [3.05, 3.63) is 42.0 Å². The van der Waals surface area contributed by atoms with Gasteiger partial charge in [0.2, 0.25) is 5.91 Å². The van der Waals surface area contributed by atoms with Crippen molar-refractivity contribution in [1.29, 1.82) is 0 Å². The lowest BCUT2D eigenvalue weighted by Crippen LogP contribution is -2.57. The summed E-state index contributed by atoms with van der Waals surface area (Å²) in [5.41, 5.74) is 1.16. The first-order valence-corrected chi connectivity index (χ1v) is 7.95. The van der Waals surface area contributed by atoms with Crippen LogP contribution in [0.5, 0.6) is 5.75 Å². The fraction of sp³-hybridized carbons (Fsp3) is 0.389. The molecule has 1 aromatic carbocycles. The molecule has 134 valence electrons. The molecule has 0 aliphatic carbocycles. The molecule has 1 aromatic rings. The zero-order valence-electron chi connectivity index (χ0n) is 14.4. The highest BCUT2D eigenvalue weighted by Gasteiger charge is 2.36. The zero-order valence-corrected chi connectivity index (χ0v) is 14.4.